The fourth-order valence-corrected chi connectivity index (χ4v) is 1.49. The molecule has 1 aliphatic heterocycles. The van der Waals surface area contributed by atoms with Crippen LogP contribution in [-0.2, 0) is 4.79 Å². The van der Waals surface area contributed by atoms with Gasteiger partial charge in [-0.25, -0.2) is 0 Å². The Kier molecular flexibility index (Phi) is 3.12. The number of nitrogens with one attached hydrogen (secondary N) is 1. The van der Waals surface area contributed by atoms with Crippen LogP contribution < -0.4 is 5.32 Å². The zero-order valence-corrected chi connectivity index (χ0v) is 7.55. The van der Waals surface area contributed by atoms with Gasteiger partial charge in [-0.05, 0) is 32.7 Å². The normalized spacial score (nSPS) is 21.8. The second-order valence-electron chi connectivity index (χ2n) is 2.82. The van der Waals surface area contributed by atoms with Crippen molar-refractivity contribution in [1.82, 2.24) is 10.2 Å². The Labute approximate surface area is 73.1 Å². The average Bonchev–Trinajstić information content (AvgIpc) is 2.51. The van der Waals surface area contributed by atoms with Gasteiger partial charge in [0.2, 0.25) is 0 Å². The number of carbonyl (C=O) groups is 1. The molecule has 0 aromatic rings. The van der Waals surface area contributed by atoms with E-state index in [4.69, 9.17) is 0 Å². The number of likely N-dealkylation sites (tertiary alicyclic amines) is 1. The van der Waals surface area contributed by atoms with Crippen LogP contribution in [0, 0.1) is 11.8 Å². The maximum absolute atomic E-state index is 11.3. The van der Waals surface area contributed by atoms with E-state index in [1.807, 2.05) is 7.05 Å². The zero-order chi connectivity index (χ0) is 8.97. The Balaban J connectivity index is 2.59. The molecule has 0 aliphatic carbocycles. The van der Waals surface area contributed by atoms with E-state index >= 15 is 0 Å². The lowest BCUT2D eigenvalue weighted by molar-refractivity contribution is -0.126. The van der Waals surface area contributed by atoms with Gasteiger partial charge in [0.25, 0.3) is 5.91 Å². The van der Waals surface area contributed by atoms with Gasteiger partial charge < -0.3 is 10.2 Å². The molecule has 12 heavy (non-hydrogen) atoms. The highest BCUT2D eigenvalue weighted by Crippen LogP contribution is 2.13. The van der Waals surface area contributed by atoms with E-state index in [1.54, 1.807) is 11.8 Å². The minimum Gasteiger partial charge on any atom is -0.316 e. The van der Waals surface area contributed by atoms with Gasteiger partial charge in [-0.15, -0.1) is 0 Å². The minimum atomic E-state index is -0.0608. The summed E-state index contributed by atoms with van der Waals surface area (Å²) in [4.78, 5) is 13.1. The maximum Gasteiger partial charge on any atom is 0.299 e. The van der Waals surface area contributed by atoms with Gasteiger partial charge in [0.15, 0.2) is 0 Å². The van der Waals surface area contributed by atoms with Crippen LogP contribution in [0.25, 0.3) is 0 Å². The Bertz CT molecular complexity index is 226. The van der Waals surface area contributed by atoms with Gasteiger partial charge >= 0.3 is 0 Å². The number of carbonyl (C=O) groups excluding carboxylic acids is 1. The number of hydrogen-bond donors (Lipinski definition) is 1. The highest BCUT2D eigenvalue weighted by Gasteiger charge is 2.25. The molecule has 0 saturated carbocycles. The molecule has 0 bridgehead atoms. The summed E-state index contributed by atoms with van der Waals surface area (Å²) in [6.45, 7) is 2.52. The van der Waals surface area contributed by atoms with Crippen molar-refractivity contribution in [2.75, 3.05) is 13.6 Å². The summed E-state index contributed by atoms with van der Waals surface area (Å²) < 4.78 is 0. The van der Waals surface area contributed by atoms with E-state index in [1.165, 1.54) is 0 Å². The van der Waals surface area contributed by atoms with Crippen LogP contribution in [-0.4, -0.2) is 30.6 Å². The van der Waals surface area contributed by atoms with E-state index in [0.717, 1.165) is 19.4 Å². The van der Waals surface area contributed by atoms with Crippen LogP contribution >= 0.6 is 0 Å². The van der Waals surface area contributed by atoms with Crippen LogP contribution in [0.1, 0.15) is 19.8 Å². The molecule has 1 rings (SSSR count). The predicted molar refractivity (Wildman–Crippen MR) is 47.2 cm³/mol. The van der Waals surface area contributed by atoms with Crippen molar-refractivity contribution in [1.29, 1.82) is 0 Å². The molecule has 1 heterocycles. The van der Waals surface area contributed by atoms with Gasteiger partial charge in [0, 0.05) is 6.54 Å². The fraction of sp³-hybridized carbons (Fsp3) is 0.667. The van der Waals surface area contributed by atoms with Gasteiger partial charge in [0.1, 0.15) is 0 Å². The Morgan fingerprint density at radius 3 is 3.00 bits per heavy atom. The molecule has 3 heteroatoms. The molecule has 3 nitrogen and oxygen atoms in total. The summed E-state index contributed by atoms with van der Waals surface area (Å²) in [5.74, 6) is 5.11. The van der Waals surface area contributed by atoms with Gasteiger partial charge in [0.05, 0.1) is 6.17 Å². The molecular weight excluding hydrogens is 152 g/mol. The third-order valence-corrected chi connectivity index (χ3v) is 2.08. The van der Waals surface area contributed by atoms with Crippen LogP contribution in [0.15, 0.2) is 0 Å². The quantitative estimate of drug-likeness (QED) is 0.563. The number of rotatable bonds is 1. The third-order valence-electron chi connectivity index (χ3n) is 2.08. The summed E-state index contributed by atoms with van der Waals surface area (Å²) in [6.07, 6.45) is 2.30. The van der Waals surface area contributed by atoms with E-state index in [2.05, 4.69) is 17.2 Å². The van der Waals surface area contributed by atoms with Crippen molar-refractivity contribution >= 4 is 5.91 Å². The molecular formula is C9H14N2O. The maximum atomic E-state index is 11.3. The molecule has 66 valence electrons. The first-order chi connectivity index (χ1) is 5.79. The molecule has 0 radical (unpaired) electrons. The number of nitrogens with zero attached hydrogens (tertiary/aromatic N) is 1. The van der Waals surface area contributed by atoms with Crippen LogP contribution in [0.3, 0.4) is 0 Å². The molecule has 0 spiro atoms. The Hall–Kier alpha value is -1.01. The first kappa shape index (κ1) is 9.08. The van der Waals surface area contributed by atoms with E-state index < -0.39 is 0 Å². The van der Waals surface area contributed by atoms with Crippen molar-refractivity contribution < 1.29 is 4.79 Å². The standard InChI is InChI=1S/C9H14N2O/c1-3-5-9(12)11-7-4-6-8(11)10-2/h8,10H,4,6-7H2,1-2H3/t8-/m1/s1. The van der Waals surface area contributed by atoms with Crippen molar-refractivity contribution in [3.05, 3.63) is 0 Å². The van der Waals surface area contributed by atoms with Crippen molar-refractivity contribution in [3.8, 4) is 11.8 Å². The van der Waals surface area contributed by atoms with Gasteiger partial charge in [-0.3, -0.25) is 4.79 Å². The summed E-state index contributed by atoms with van der Waals surface area (Å²) >= 11 is 0. The summed E-state index contributed by atoms with van der Waals surface area (Å²) in [5.41, 5.74) is 0. The van der Waals surface area contributed by atoms with Gasteiger partial charge in [-0.1, -0.05) is 5.92 Å². The molecule has 1 amide bonds. The minimum absolute atomic E-state index is 0.0608. The monoisotopic (exact) mass is 166 g/mol. The smallest absolute Gasteiger partial charge is 0.299 e. The Morgan fingerprint density at radius 2 is 2.42 bits per heavy atom. The number of amides is 1. The van der Waals surface area contributed by atoms with Crippen LogP contribution in [0.2, 0.25) is 0 Å². The second-order valence-corrected chi connectivity index (χ2v) is 2.82. The lowest BCUT2D eigenvalue weighted by Gasteiger charge is -2.21. The van der Waals surface area contributed by atoms with E-state index in [9.17, 15) is 4.79 Å². The largest absolute Gasteiger partial charge is 0.316 e. The molecule has 1 fully saturated rings. The molecule has 1 atom stereocenters. The third kappa shape index (κ3) is 1.77. The average molecular weight is 166 g/mol. The SMILES string of the molecule is CC#CC(=O)N1CCC[C@@H]1NC. The summed E-state index contributed by atoms with van der Waals surface area (Å²) in [6, 6.07) is 0. The molecule has 1 aliphatic rings. The summed E-state index contributed by atoms with van der Waals surface area (Å²) in [5, 5.41) is 3.09. The highest BCUT2D eigenvalue weighted by atomic mass is 16.2. The number of hydrogen-bond acceptors (Lipinski definition) is 2. The molecule has 0 aromatic carbocycles. The lowest BCUT2D eigenvalue weighted by atomic mass is 10.3. The molecule has 1 saturated heterocycles. The molecule has 1 N–H and O–H groups in total. The summed E-state index contributed by atoms with van der Waals surface area (Å²) in [7, 11) is 1.87. The van der Waals surface area contributed by atoms with Crippen molar-refractivity contribution in [3.63, 3.8) is 0 Å². The Morgan fingerprint density at radius 1 is 1.67 bits per heavy atom. The highest BCUT2D eigenvalue weighted by molar-refractivity contribution is 5.93. The molecule has 0 aromatic heterocycles. The molecule has 0 unspecified atom stereocenters. The van der Waals surface area contributed by atoms with E-state index in [-0.39, 0.29) is 12.1 Å². The topological polar surface area (TPSA) is 32.3 Å². The van der Waals surface area contributed by atoms with Crippen LogP contribution in [0.5, 0.6) is 0 Å². The van der Waals surface area contributed by atoms with E-state index in [0.29, 0.717) is 0 Å². The van der Waals surface area contributed by atoms with Crippen molar-refractivity contribution in [2.45, 2.75) is 25.9 Å². The predicted octanol–water partition coefficient (Wildman–Crippen LogP) is 0.178. The zero-order valence-electron chi connectivity index (χ0n) is 7.55. The fourth-order valence-electron chi connectivity index (χ4n) is 1.49. The van der Waals surface area contributed by atoms with Crippen molar-refractivity contribution in [2.24, 2.45) is 0 Å². The second kappa shape index (κ2) is 4.13. The van der Waals surface area contributed by atoms with Crippen LogP contribution in [0.4, 0.5) is 0 Å². The first-order valence-corrected chi connectivity index (χ1v) is 4.20. The van der Waals surface area contributed by atoms with Gasteiger partial charge in [-0.2, -0.15) is 0 Å². The first-order valence-electron chi connectivity index (χ1n) is 4.20. The lowest BCUT2D eigenvalue weighted by Crippen LogP contribution is -2.42.